The molecular weight excluding hydrogens is 216 g/mol. The van der Waals surface area contributed by atoms with E-state index in [0.717, 1.165) is 5.92 Å². The summed E-state index contributed by atoms with van der Waals surface area (Å²) >= 11 is 0. The van der Waals surface area contributed by atoms with Gasteiger partial charge in [0.15, 0.2) is 0 Å². The molecule has 0 saturated heterocycles. The summed E-state index contributed by atoms with van der Waals surface area (Å²) in [6.07, 6.45) is 13.3. The topological polar surface area (TPSA) is 54.9 Å². The van der Waals surface area contributed by atoms with Crippen molar-refractivity contribution in [3.63, 3.8) is 0 Å². The van der Waals surface area contributed by atoms with Gasteiger partial charge in [0.2, 0.25) is 0 Å². The number of aromatic nitrogens is 2. The van der Waals surface area contributed by atoms with E-state index in [1.807, 2.05) is 37.8 Å². The second-order valence-corrected chi connectivity index (χ2v) is 3.84. The third-order valence-corrected chi connectivity index (χ3v) is 2.49. The number of H-pyrrole nitrogens is 1. The largest absolute Gasteiger partial charge is 0.328 e. The fourth-order valence-corrected chi connectivity index (χ4v) is 1.56. The van der Waals surface area contributed by atoms with Gasteiger partial charge >= 0.3 is 5.69 Å². The van der Waals surface area contributed by atoms with E-state index in [1.54, 1.807) is 13.1 Å². The maximum atomic E-state index is 11.5. The van der Waals surface area contributed by atoms with Crippen molar-refractivity contribution in [3.8, 4) is 0 Å². The number of nitrogens with zero attached hydrogens (tertiary/aromatic N) is 1. The molecule has 0 aromatic carbocycles. The molecule has 2 rings (SSSR count). The first-order chi connectivity index (χ1) is 8.16. The van der Waals surface area contributed by atoms with Crippen molar-refractivity contribution < 1.29 is 0 Å². The molecule has 0 aliphatic heterocycles. The monoisotopic (exact) mass is 229 g/mol. The number of nitrogens with one attached hydrogen (secondary N) is 1. The molecule has 1 saturated carbocycles. The van der Waals surface area contributed by atoms with Gasteiger partial charge in [-0.15, -0.1) is 0 Å². The lowest BCUT2D eigenvalue weighted by Crippen LogP contribution is -2.30. The molecule has 87 valence electrons. The molecular formula is C13H13N2O2. The molecule has 1 N–H and O–H groups in total. The summed E-state index contributed by atoms with van der Waals surface area (Å²) in [5.74, 6) is 1.10. The predicted octanol–water partition coefficient (Wildman–Crippen LogP) is 0.806. The number of rotatable bonds is 3. The Morgan fingerprint density at radius 1 is 1.29 bits per heavy atom. The Hall–Kier alpha value is -1.58. The van der Waals surface area contributed by atoms with E-state index in [1.165, 1.54) is 4.57 Å². The van der Waals surface area contributed by atoms with Crippen molar-refractivity contribution in [2.75, 3.05) is 0 Å². The maximum Gasteiger partial charge on any atom is 0.328 e. The second-order valence-electron chi connectivity index (χ2n) is 3.84. The molecule has 0 amide bonds. The summed E-state index contributed by atoms with van der Waals surface area (Å²) in [5.41, 5.74) is -0.176. The molecule has 1 fully saturated rings. The summed E-state index contributed by atoms with van der Waals surface area (Å²) in [7, 11) is 0. The Balaban J connectivity index is 2.06. The van der Waals surface area contributed by atoms with Crippen LogP contribution in [0, 0.1) is 38.5 Å². The zero-order chi connectivity index (χ0) is 12.3. The lowest BCUT2D eigenvalue weighted by molar-refractivity contribution is 0.727. The molecule has 0 spiro atoms. The van der Waals surface area contributed by atoms with E-state index in [2.05, 4.69) is 4.98 Å². The van der Waals surface area contributed by atoms with Crippen LogP contribution in [0.4, 0.5) is 0 Å². The van der Waals surface area contributed by atoms with Crippen molar-refractivity contribution in [2.45, 2.75) is 13.5 Å². The summed E-state index contributed by atoms with van der Waals surface area (Å²) in [6.45, 7) is 2.12. The summed E-state index contributed by atoms with van der Waals surface area (Å²) in [6, 6.07) is 0. The van der Waals surface area contributed by atoms with E-state index in [4.69, 9.17) is 0 Å². The maximum absolute atomic E-state index is 11.5. The highest BCUT2D eigenvalue weighted by Crippen LogP contribution is 2.23. The quantitative estimate of drug-likeness (QED) is 0.833. The SMILES string of the molecule is Cc1cn(C/C=C/[C]2[CH][CH][CH][CH]2)c(=O)[nH]c1=O. The number of hydrogen-bond acceptors (Lipinski definition) is 2. The minimum absolute atomic E-state index is 0.328. The summed E-state index contributed by atoms with van der Waals surface area (Å²) in [5, 5.41) is 0. The molecule has 0 atom stereocenters. The van der Waals surface area contributed by atoms with Gasteiger partial charge < -0.3 is 0 Å². The van der Waals surface area contributed by atoms with Crippen molar-refractivity contribution in [1.29, 1.82) is 0 Å². The normalized spacial score (nSPS) is 17.0. The first-order valence-corrected chi connectivity index (χ1v) is 5.35. The molecule has 5 radical (unpaired) electrons. The van der Waals surface area contributed by atoms with Crippen LogP contribution in [0.2, 0.25) is 0 Å². The van der Waals surface area contributed by atoms with Crippen LogP contribution in [0.3, 0.4) is 0 Å². The Morgan fingerprint density at radius 3 is 2.71 bits per heavy atom. The van der Waals surface area contributed by atoms with E-state index in [-0.39, 0.29) is 11.2 Å². The van der Waals surface area contributed by atoms with Gasteiger partial charge in [-0.25, -0.2) is 4.79 Å². The van der Waals surface area contributed by atoms with Crippen molar-refractivity contribution in [3.05, 3.63) is 76.4 Å². The van der Waals surface area contributed by atoms with E-state index >= 15 is 0 Å². The third-order valence-electron chi connectivity index (χ3n) is 2.49. The summed E-state index contributed by atoms with van der Waals surface area (Å²) in [4.78, 5) is 24.9. The molecule has 0 bridgehead atoms. The van der Waals surface area contributed by atoms with Gasteiger partial charge in [-0.3, -0.25) is 14.3 Å². The molecule has 1 aliphatic rings. The van der Waals surface area contributed by atoms with Crippen LogP contribution in [-0.4, -0.2) is 9.55 Å². The zero-order valence-electron chi connectivity index (χ0n) is 9.51. The highest BCUT2D eigenvalue weighted by molar-refractivity contribution is 5.41. The predicted molar refractivity (Wildman–Crippen MR) is 65.6 cm³/mol. The van der Waals surface area contributed by atoms with Crippen molar-refractivity contribution in [1.82, 2.24) is 9.55 Å². The number of aryl methyl sites for hydroxylation is 1. The van der Waals surface area contributed by atoms with Crippen molar-refractivity contribution >= 4 is 0 Å². The van der Waals surface area contributed by atoms with Crippen LogP contribution < -0.4 is 11.2 Å². The van der Waals surface area contributed by atoms with E-state index in [0.29, 0.717) is 12.1 Å². The van der Waals surface area contributed by atoms with Crippen LogP contribution in [0.25, 0.3) is 0 Å². The fraction of sp³-hybridized carbons (Fsp3) is 0.154. The van der Waals surface area contributed by atoms with Gasteiger partial charge in [-0.2, -0.15) is 0 Å². The second kappa shape index (κ2) is 5.17. The van der Waals surface area contributed by atoms with E-state index < -0.39 is 0 Å². The van der Waals surface area contributed by atoms with Gasteiger partial charge in [-0.05, 0) is 32.6 Å². The summed E-state index contributed by atoms with van der Waals surface area (Å²) < 4.78 is 1.47. The van der Waals surface area contributed by atoms with Gasteiger partial charge in [0, 0.05) is 24.2 Å². The third kappa shape index (κ3) is 2.96. The average Bonchev–Trinajstić information content (AvgIpc) is 2.78. The Bertz CT molecular complexity index is 519. The molecule has 4 nitrogen and oxygen atoms in total. The molecule has 4 heteroatoms. The fourth-order valence-electron chi connectivity index (χ4n) is 1.56. The minimum Gasteiger partial charge on any atom is -0.297 e. The van der Waals surface area contributed by atoms with Gasteiger partial charge in [0.1, 0.15) is 0 Å². The van der Waals surface area contributed by atoms with Crippen LogP contribution >= 0.6 is 0 Å². The van der Waals surface area contributed by atoms with E-state index in [9.17, 15) is 9.59 Å². The van der Waals surface area contributed by atoms with Crippen LogP contribution in [0.15, 0.2) is 27.9 Å². The number of hydrogen-bond donors (Lipinski definition) is 1. The molecule has 0 unspecified atom stereocenters. The lowest BCUT2D eigenvalue weighted by Gasteiger charge is -2.03. The van der Waals surface area contributed by atoms with Gasteiger partial charge in [0.25, 0.3) is 5.56 Å². The molecule has 17 heavy (non-hydrogen) atoms. The van der Waals surface area contributed by atoms with Crippen molar-refractivity contribution in [2.24, 2.45) is 0 Å². The minimum atomic E-state index is -0.382. The first-order valence-electron chi connectivity index (χ1n) is 5.35. The molecule has 1 aromatic rings. The highest BCUT2D eigenvalue weighted by atomic mass is 16.2. The number of aromatic amines is 1. The smallest absolute Gasteiger partial charge is 0.297 e. The van der Waals surface area contributed by atoms with Crippen LogP contribution in [-0.2, 0) is 6.54 Å². The number of allylic oxidation sites excluding steroid dienone is 2. The molecule has 1 aliphatic carbocycles. The average molecular weight is 229 g/mol. The lowest BCUT2D eigenvalue weighted by atomic mass is 10.1. The Kier molecular flexibility index (Phi) is 3.61. The first kappa shape index (κ1) is 11.9. The Labute approximate surface area is 100.0 Å². The van der Waals surface area contributed by atoms with Gasteiger partial charge in [0.05, 0.1) is 0 Å². The highest BCUT2D eigenvalue weighted by Gasteiger charge is 2.12. The van der Waals surface area contributed by atoms with Crippen LogP contribution in [0.1, 0.15) is 5.56 Å². The van der Waals surface area contributed by atoms with Crippen LogP contribution in [0.5, 0.6) is 0 Å². The molecule has 1 aromatic heterocycles. The Morgan fingerprint density at radius 2 is 2.00 bits per heavy atom. The van der Waals surface area contributed by atoms with Gasteiger partial charge in [-0.1, -0.05) is 12.2 Å². The zero-order valence-corrected chi connectivity index (χ0v) is 9.51. The standard InChI is InChI=1S/C13H13N2O2/c1-10-9-15(13(17)14-12(10)16)8-4-7-11-5-2-3-6-11/h2-7,9H,8H2,1H3,(H,14,16,17)/b7-4+. The molecule has 1 heterocycles.